The summed E-state index contributed by atoms with van der Waals surface area (Å²) in [5, 5.41) is 4.30. The summed E-state index contributed by atoms with van der Waals surface area (Å²) in [6, 6.07) is 0. The fraction of sp³-hybridized carbons (Fsp3) is 0.667. The zero-order chi connectivity index (χ0) is 8.77. The minimum atomic E-state index is -0.0572. The predicted molar refractivity (Wildman–Crippen MR) is 47.7 cm³/mol. The molecule has 12 heavy (non-hydrogen) atoms. The summed E-state index contributed by atoms with van der Waals surface area (Å²) < 4.78 is 1.84. The second-order valence-electron chi connectivity index (χ2n) is 3.81. The van der Waals surface area contributed by atoms with Crippen molar-refractivity contribution >= 4 is 0 Å². The maximum Gasteiger partial charge on any atom is 0.0644 e. The summed E-state index contributed by atoms with van der Waals surface area (Å²) in [7, 11) is 1.94. The molecule has 0 saturated heterocycles. The lowest BCUT2D eigenvalue weighted by Crippen LogP contribution is -2.43. The fourth-order valence-electron chi connectivity index (χ4n) is 1.92. The summed E-state index contributed by atoms with van der Waals surface area (Å²) in [5.74, 6) is 0. The average molecular weight is 165 g/mol. The third kappa shape index (κ3) is 0.966. The highest BCUT2D eigenvalue weighted by atomic mass is 15.3. The highest BCUT2D eigenvalue weighted by Crippen LogP contribution is 2.39. The van der Waals surface area contributed by atoms with Crippen molar-refractivity contribution in [1.29, 1.82) is 0 Å². The first kappa shape index (κ1) is 7.80. The smallest absolute Gasteiger partial charge is 0.0644 e. The minimum Gasteiger partial charge on any atom is -0.321 e. The molecule has 2 rings (SSSR count). The first-order valence-corrected chi connectivity index (χ1v) is 4.41. The number of rotatable bonds is 1. The molecule has 1 aliphatic carbocycles. The van der Waals surface area contributed by atoms with Gasteiger partial charge in [-0.15, -0.1) is 0 Å². The Balaban J connectivity index is 2.38. The zero-order valence-electron chi connectivity index (χ0n) is 7.67. The van der Waals surface area contributed by atoms with Gasteiger partial charge in [-0.25, -0.2) is 0 Å². The van der Waals surface area contributed by atoms with Crippen LogP contribution in [0.25, 0.3) is 0 Å². The van der Waals surface area contributed by atoms with Gasteiger partial charge in [-0.2, -0.15) is 5.10 Å². The number of nitrogens with two attached hydrogens (primary N) is 1. The molecule has 1 aromatic rings. The topological polar surface area (TPSA) is 43.8 Å². The lowest BCUT2D eigenvalue weighted by atomic mass is 9.73. The molecule has 3 heteroatoms. The second-order valence-corrected chi connectivity index (χ2v) is 3.81. The number of aromatic nitrogens is 2. The van der Waals surface area contributed by atoms with Crippen LogP contribution in [0.5, 0.6) is 0 Å². The Morgan fingerprint density at radius 1 is 1.58 bits per heavy atom. The Hall–Kier alpha value is -0.830. The van der Waals surface area contributed by atoms with Crippen LogP contribution in [-0.4, -0.2) is 9.78 Å². The number of hydrogen-bond donors (Lipinski definition) is 1. The Kier molecular flexibility index (Phi) is 1.51. The number of nitrogens with zero attached hydrogens (tertiary/aromatic N) is 2. The highest BCUT2D eigenvalue weighted by molar-refractivity contribution is 5.27. The number of aryl methyl sites for hydroxylation is 2. The molecule has 0 aromatic carbocycles. The normalized spacial score (nSPS) is 20.6. The largest absolute Gasteiger partial charge is 0.321 e. The molecule has 0 aliphatic heterocycles. The summed E-state index contributed by atoms with van der Waals surface area (Å²) in [5.41, 5.74) is 8.44. The van der Waals surface area contributed by atoms with Crippen LogP contribution in [0.3, 0.4) is 0 Å². The van der Waals surface area contributed by atoms with E-state index < -0.39 is 0 Å². The van der Waals surface area contributed by atoms with E-state index in [0.717, 1.165) is 18.5 Å². The van der Waals surface area contributed by atoms with Gasteiger partial charge in [0.2, 0.25) is 0 Å². The fourth-order valence-corrected chi connectivity index (χ4v) is 1.92. The van der Waals surface area contributed by atoms with Crippen LogP contribution in [-0.2, 0) is 12.6 Å². The monoisotopic (exact) mass is 165 g/mol. The summed E-state index contributed by atoms with van der Waals surface area (Å²) in [4.78, 5) is 0. The quantitative estimate of drug-likeness (QED) is 0.676. The summed E-state index contributed by atoms with van der Waals surface area (Å²) >= 11 is 0. The van der Waals surface area contributed by atoms with Gasteiger partial charge in [0.25, 0.3) is 0 Å². The van der Waals surface area contributed by atoms with Crippen LogP contribution in [0, 0.1) is 6.92 Å². The molecule has 0 amide bonds. The van der Waals surface area contributed by atoms with Crippen LogP contribution in [0.4, 0.5) is 0 Å². The Morgan fingerprint density at radius 2 is 2.25 bits per heavy atom. The van der Waals surface area contributed by atoms with E-state index in [-0.39, 0.29) is 5.54 Å². The van der Waals surface area contributed by atoms with E-state index in [1.54, 1.807) is 0 Å². The molecule has 66 valence electrons. The molecule has 0 bridgehead atoms. The predicted octanol–water partition coefficient (Wildman–Crippen LogP) is 1.07. The molecule has 1 saturated carbocycles. The third-order valence-electron chi connectivity index (χ3n) is 2.80. The van der Waals surface area contributed by atoms with Crippen molar-refractivity contribution in [2.75, 3.05) is 0 Å². The molecule has 3 nitrogen and oxygen atoms in total. The van der Waals surface area contributed by atoms with Crippen LogP contribution in [0.2, 0.25) is 0 Å². The van der Waals surface area contributed by atoms with E-state index in [2.05, 4.69) is 11.3 Å². The van der Waals surface area contributed by atoms with E-state index in [1.165, 1.54) is 12.0 Å². The lowest BCUT2D eigenvalue weighted by Gasteiger charge is -2.37. The van der Waals surface area contributed by atoms with Crippen LogP contribution >= 0.6 is 0 Å². The number of hydrogen-bond acceptors (Lipinski definition) is 2. The van der Waals surface area contributed by atoms with Crippen molar-refractivity contribution in [3.8, 4) is 0 Å². The van der Waals surface area contributed by atoms with Crippen molar-refractivity contribution in [2.24, 2.45) is 12.8 Å². The van der Waals surface area contributed by atoms with Gasteiger partial charge in [-0.05, 0) is 26.2 Å². The van der Waals surface area contributed by atoms with Crippen molar-refractivity contribution in [3.63, 3.8) is 0 Å². The standard InChI is InChI=1S/C9H15N3/c1-7-8(6-12(2)11-7)9(10)4-3-5-9/h6H,3-5,10H2,1-2H3. The van der Waals surface area contributed by atoms with Crippen molar-refractivity contribution in [3.05, 3.63) is 17.5 Å². The Bertz CT molecular complexity index is 297. The Morgan fingerprint density at radius 3 is 2.58 bits per heavy atom. The van der Waals surface area contributed by atoms with E-state index in [1.807, 2.05) is 18.7 Å². The van der Waals surface area contributed by atoms with Crippen LogP contribution in [0.1, 0.15) is 30.5 Å². The van der Waals surface area contributed by atoms with E-state index in [0.29, 0.717) is 0 Å². The van der Waals surface area contributed by atoms with Gasteiger partial charge in [0.1, 0.15) is 0 Å². The van der Waals surface area contributed by atoms with E-state index >= 15 is 0 Å². The van der Waals surface area contributed by atoms with E-state index in [4.69, 9.17) is 5.73 Å². The molecule has 1 fully saturated rings. The molecule has 2 N–H and O–H groups in total. The lowest BCUT2D eigenvalue weighted by molar-refractivity contribution is 0.252. The molecule has 1 aliphatic rings. The first-order chi connectivity index (χ1) is 5.62. The maximum absolute atomic E-state index is 6.18. The maximum atomic E-state index is 6.18. The second kappa shape index (κ2) is 2.33. The third-order valence-corrected chi connectivity index (χ3v) is 2.80. The van der Waals surface area contributed by atoms with Gasteiger partial charge in [-0.1, -0.05) is 0 Å². The highest BCUT2D eigenvalue weighted by Gasteiger charge is 2.36. The van der Waals surface area contributed by atoms with Crippen molar-refractivity contribution in [2.45, 2.75) is 31.7 Å². The minimum absolute atomic E-state index is 0.0572. The van der Waals surface area contributed by atoms with Crippen LogP contribution in [0.15, 0.2) is 6.20 Å². The average Bonchev–Trinajstić information content (AvgIpc) is 2.25. The van der Waals surface area contributed by atoms with Gasteiger partial charge >= 0.3 is 0 Å². The van der Waals surface area contributed by atoms with Crippen molar-refractivity contribution in [1.82, 2.24) is 9.78 Å². The molecule has 0 atom stereocenters. The summed E-state index contributed by atoms with van der Waals surface area (Å²) in [6.45, 7) is 2.03. The molecular formula is C9H15N3. The summed E-state index contributed by atoms with van der Waals surface area (Å²) in [6.07, 6.45) is 5.53. The van der Waals surface area contributed by atoms with E-state index in [9.17, 15) is 0 Å². The molecule has 0 unspecified atom stereocenters. The van der Waals surface area contributed by atoms with Gasteiger partial charge < -0.3 is 5.73 Å². The zero-order valence-corrected chi connectivity index (χ0v) is 7.67. The molecule has 1 aromatic heterocycles. The van der Waals surface area contributed by atoms with Gasteiger partial charge in [0.15, 0.2) is 0 Å². The Labute approximate surface area is 72.6 Å². The first-order valence-electron chi connectivity index (χ1n) is 4.41. The van der Waals surface area contributed by atoms with Crippen LogP contribution < -0.4 is 5.73 Å². The SMILES string of the molecule is Cc1nn(C)cc1C1(N)CCC1. The molecular weight excluding hydrogens is 150 g/mol. The molecule has 1 heterocycles. The molecule has 0 radical (unpaired) electrons. The molecule has 0 spiro atoms. The van der Waals surface area contributed by atoms with Gasteiger partial charge in [0.05, 0.1) is 5.69 Å². The van der Waals surface area contributed by atoms with Gasteiger partial charge in [0, 0.05) is 24.3 Å². The van der Waals surface area contributed by atoms with Gasteiger partial charge in [-0.3, -0.25) is 4.68 Å². The van der Waals surface area contributed by atoms with Crippen molar-refractivity contribution < 1.29 is 0 Å².